The Morgan fingerprint density at radius 3 is 1.38 bits per heavy atom. The summed E-state index contributed by atoms with van der Waals surface area (Å²) in [7, 11) is 0. The first-order valence-electron chi connectivity index (χ1n) is 9.79. The van der Waals surface area contributed by atoms with Gasteiger partial charge in [-0.1, -0.05) is 15.9 Å². The molecule has 8 aliphatic rings. The lowest BCUT2D eigenvalue weighted by Crippen LogP contribution is -2.62. The lowest BCUT2D eigenvalue weighted by molar-refractivity contribution is -0.196. The smallest absolute Gasteiger partial charge is 0.0202 e. The van der Waals surface area contributed by atoms with Crippen LogP contribution in [-0.4, -0.2) is 4.83 Å². The molecule has 21 heavy (non-hydrogen) atoms. The third-order valence-corrected chi connectivity index (χ3v) is 10.8. The van der Waals surface area contributed by atoms with Crippen LogP contribution in [0.5, 0.6) is 0 Å². The predicted molar refractivity (Wildman–Crippen MR) is 89.3 cm³/mol. The zero-order chi connectivity index (χ0) is 13.8. The van der Waals surface area contributed by atoms with Gasteiger partial charge in [0.15, 0.2) is 0 Å². The number of rotatable bonds is 1. The number of hydrogen-bond donors (Lipinski definition) is 0. The van der Waals surface area contributed by atoms with E-state index in [4.69, 9.17) is 0 Å². The molecule has 0 saturated heterocycles. The Kier molecular flexibility index (Phi) is 2.40. The van der Waals surface area contributed by atoms with Crippen LogP contribution in [0.15, 0.2) is 0 Å². The van der Waals surface area contributed by atoms with Crippen molar-refractivity contribution in [2.24, 2.45) is 46.3 Å². The van der Waals surface area contributed by atoms with Crippen LogP contribution in [0.1, 0.15) is 70.6 Å². The highest BCUT2D eigenvalue weighted by Crippen LogP contribution is 2.75. The summed E-state index contributed by atoms with van der Waals surface area (Å²) in [6, 6.07) is 0. The molecular weight excluding hydrogens is 320 g/mol. The van der Waals surface area contributed by atoms with Gasteiger partial charge in [-0.05, 0) is 117 Å². The summed E-state index contributed by atoms with van der Waals surface area (Å²) in [6.45, 7) is 0. The molecule has 0 amide bonds. The fourth-order valence-corrected chi connectivity index (χ4v) is 10.2. The highest BCUT2D eigenvalue weighted by Gasteiger charge is 2.66. The van der Waals surface area contributed by atoms with E-state index < -0.39 is 0 Å². The van der Waals surface area contributed by atoms with Crippen LogP contribution in [0, 0.1) is 46.3 Å². The van der Waals surface area contributed by atoms with Crippen LogP contribution in [0.3, 0.4) is 0 Å². The molecule has 1 heteroatoms. The van der Waals surface area contributed by atoms with E-state index in [9.17, 15) is 0 Å². The molecule has 116 valence electrons. The molecule has 8 fully saturated rings. The monoisotopic (exact) mass is 348 g/mol. The Bertz CT molecular complexity index is 429. The lowest BCUT2D eigenvalue weighted by Gasteiger charge is -2.71. The molecule has 0 aromatic rings. The van der Waals surface area contributed by atoms with Crippen molar-refractivity contribution in [3.05, 3.63) is 0 Å². The first kappa shape index (κ1) is 12.8. The lowest BCUT2D eigenvalue weighted by atomic mass is 9.35. The van der Waals surface area contributed by atoms with Gasteiger partial charge < -0.3 is 0 Å². The first-order chi connectivity index (χ1) is 10.1. The number of hydrogen-bond acceptors (Lipinski definition) is 0. The van der Waals surface area contributed by atoms with E-state index in [0.29, 0.717) is 0 Å². The van der Waals surface area contributed by atoms with Crippen LogP contribution in [-0.2, 0) is 0 Å². The topological polar surface area (TPSA) is 0 Å². The second kappa shape index (κ2) is 3.93. The summed E-state index contributed by atoms with van der Waals surface area (Å²) in [5.74, 6) is 6.63. The van der Waals surface area contributed by atoms with Gasteiger partial charge in [-0.2, -0.15) is 0 Å². The van der Waals surface area contributed by atoms with Gasteiger partial charge in [0.2, 0.25) is 0 Å². The van der Waals surface area contributed by atoms with Crippen molar-refractivity contribution >= 4 is 15.9 Å². The normalized spacial score (nSPS) is 67.0. The molecule has 0 nitrogen and oxygen atoms in total. The zero-order valence-corrected chi connectivity index (χ0v) is 14.8. The summed E-state index contributed by atoms with van der Waals surface area (Å²) in [5, 5.41) is 0. The van der Waals surface area contributed by atoms with E-state index in [0.717, 1.165) is 51.2 Å². The fourth-order valence-electron chi connectivity index (χ4n) is 9.37. The SMILES string of the molecule is BrC1C2CC3CC1CC(C14CC5CC(CC(C5)C1)C4)(C3)C2. The maximum atomic E-state index is 4.11. The first-order valence-corrected chi connectivity index (χ1v) is 10.7. The second-order valence-electron chi connectivity index (χ2n) is 10.4. The molecule has 8 rings (SSSR count). The van der Waals surface area contributed by atoms with E-state index in [2.05, 4.69) is 15.9 Å². The predicted octanol–water partition coefficient (Wildman–Crippen LogP) is 5.79. The van der Waals surface area contributed by atoms with Crippen molar-refractivity contribution in [1.82, 2.24) is 0 Å². The Hall–Kier alpha value is 0.480. The van der Waals surface area contributed by atoms with Crippen molar-refractivity contribution in [3.63, 3.8) is 0 Å². The average Bonchev–Trinajstić information content (AvgIpc) is 2.42. The van der Waals surface area contributed by atoms with Crippen LogP contribution in [0.4, 0.5) is 0 Å². The maximum Gasteiger partial charge on any atom is 0.0202 e. The van der Waals surface area contributed by atoms with Gasteiger partial charge in [-0.25, -0.2) is 0 Å². The molecule has 2 atom stereocenters. The molecule has 2 unspecified atom stereocenters. The number of alkyl halides is 1. The van der Waals surface area contributed by atoms with Crippen LogP contribution >= 0.6 is 15.9 Å². The van der Waals surface area contributed by atoms with Gasteiger partial charge >= 0.3 is 0 Å². The maximum absolute atomic E-state index is 4.11. The van der Waals surface area contributed by atoms with Gasteiger partial charge in [-0.3, -0.25) is 0 Å². The Labute approximate surface area is 138 Å². The largest absolute Gasteiger partial charge is 0.0885 e. The van der Waals surface area contributed by atoms with E-state index in [1.165, 1.54) is 0 Å². The molecule has 0 radical (unpaired) electrons. The van der Waals surface area contributed by atoms with Crippen molar-refractivity contribution in [1.29, 1.82) is 0 Å². The molecule has 0 heterocycles. The van der Waals surface area contributed by atoms with E-state index in [1.54, 1.807) is 70.6 Å². The van der Waals surface area contributed by atoms with Gasteiger partial charge in [0.25, 0.3) is 0 Å². The summed E-state index contributed by atoms with van der Waals surface area (Å²) >= 11 is 4.11. The Morgan fingerprint density at radius 1 is 0.524 bits per heavy atom. The van der Waals surface area contributed by atoms with E-state index in [-0.39, 0.29) is 0 Å². The third-order valence-electron chi connectivity index (χ3n) is 9.32. The van der Waals surface area contributed by atoms with Crippen molar-refractivity contribution in [2.45, 2.75) is 75.5 Å². The van der Waals surface area contributed by atoms with Crippen LogP contribution in [0.25, 0.3) is 0 Å². The third kappa shape index (κ3) is 1.54. The molecule has 8 saturated carbocycles. The second-order valence-corrected chi connectivity index (χ2v) is 11.4. The summed E-state index contributed by atoms with van der Waals surface area (Å²) < 4.78 is 0. The van der Waals surface area contributed by atoms with E-state index in [1.807, 2.05) is 0 Å². The summed E-state index contributed by atoms with van der Waals surface area (Å²) in [5.41, 5.74) is 1.63. The average molecular weight is 349 g/mol. The van der Waals surface area contributed by atoms with Gasteiger partial charge in [-0.15, -0.1) is 0 Å². The van der Waals surface area contributed by atoms with Gasteiger partial charge in [0, 0.05) is 4.83 Å². The molecule has 0 aliphatic heterocycles. The molecule has 8 bridgehead atoms. The van der Waals surface area contributed by atoms with Gasteiger partial charge in [0.1, 0.15) is 0 Å². The molecular formula is C20H29Br. The summed E-state index contributed by atoms with van der Waals surface area (Å²) in [4.78, 5) is 0.885. The minimum absolute atomic E-state index is 0.809. The minimum atomic E-state index is 0.809. The van der Waals surface area contributed by atoms with Crippen molar-refractivity contribution in [3.8, 4) is 0 Å². The van der Waals surface area contributed by atoms with Crippen LogP contribution < -0.4 is 0 Å². The van der Waals surface area contributed by atoms with E-state index >= 15 is 0 Å². The minimum Gasteiger partial charge on any atom is -0.0885 e. The summed E-state index contributed by atoms with van der Waals surface area (Å²) in [6.07, 6.45) is 17.8. The van der Waals surface area contributed by atoms with Crippen molar-refractivity contribution in [2.75, 3.05) is 0 Å². The highest BCUT2D eigenvalue weighted by atomic mass is 79.9. The highest BCUT2D eigenvalue weighted by molar-refractivity contribution is 9.09. The molecule has 0 aromatic heterocycles. The standard InChI is InChI=1S/C20H29Br/c21-18-16-4-15-5-17(18)11-20(9-15,10-16)19-6-12-1-13(7-19)3-14(2-12)8-19/h12-18H,1-11H2. The molecule has 0 aromatic carbocycles. The number of halogens is 1. The van der Waals surface area contributed by atoms with Crippen LogP contribution in [0.2, 0.25) is 0 Å². The van der Waals surface area contributed by atoms with Crippen molar-refractivity contribution < 1.29 is 0 Å². The zero-order valence-electron chi connectivity index (χ0n) is 13.2. The molecule has 0 spiro atoms. The Morgan fingerprint density at radius 2 is 0.905 bits per heavy atom. The quantitative estimate of drug-likeness (QED) is 0.526. The van der Waals surface area contributed by atoms with Gasteiger partial charge in [0.05, 0.1) is 0 Å². The molecule has 8 aliphatic carbocycles. The molecule has 0 N–H and O–H groups in total. The fraction of sp³-hybridized carbons (Fsp3) is 1.00. The Balaban J connectivity index is 1.43.